The molecule has 1 aliphatic carbocycles. The van der Waals surface area contributed by atoms with Gasteiger partial charge in [0.1, 0.15) is 6.33 Å². The number of thiazole rings is 1. The molecule has 0 spiro atoms. The molecule has 0 N–H and O–H groups in total. The summed E-state index contributed by atoms with van der Waals surface area (Å²) in [6.45, 7) is 1.88. The van der Waals surface area contributed by atoms with E-state index >= 15 is 0 Å². The monoisotopic (exact) mass is 432 g/mol. The Balaban J connectivity index is 1.58. The van der Waals surface area contributed by atoms with Crippen molar-refractivity contribution in [1.82, 2.24) is 29.1 Å². The summed E-state index contributed by atoms with van der Waals surface area (Å²) in [5.41, 5.74) is 1.03. The third kappa shape index (κ3) is 3.28. The number of aryl methyl sites for hydroxylation is 1. The molecule has 11 heteroatoms. The second-order valence-electron chi connectivity index (χ2n) is 7.22. The van der Waals surface area contributed by atoms with Crippen LogP contribution < -0.4 is 5.56 Å². The lowest BCUT2D eigenvalue weighted by Crippen LogP contribution is -2.17. The summed E-state index contributed by atoms with van der Waals surface area (Å²) >= 11 is 1.33. The molecule has 7 nitrogen and oxygen atoms in total. The van der Waals surface area contributed by atoms with Crippen LogP contribution in [0.2, 0.25) is 0 Å². The molecule has 30 heavy (non-hydrogen) atoms. The number of aromatic nitrogens is 6. The van der Waals surface area contributed by atoms with Crippen molar-refractivity contribution in [3.05, 3.63) is 63.2 Å². The average Bonchev–Trinajstić information content (AvgIpc) is 3.34. The topological polar surface area (TPSA) is 78.0 Å². The number of halogens is 3. The molecule has 1 aliphatic rings. The highest BCUT2D eigenvalue weighted by Crippen LogP contribution is 2.42. The van der Waals surface area contributed by atoms with Crippen molar-refractivity contribution in [2.75, 3.05) is 0 Å². The summed E-state index contributed by atoms with van der Waals surface area (Å²) < 4.78 is 42.2. The molecule has 1 fully saturated rings. The molecule has 0 amide bonds. The first-order valence-electron chi connectivity index (χ1n) is 9.23. The van der Waals surface area contributed by atoms with Crippen LogP contribution in [-0.4, -0.2) is 29.1 Å². The highest BCUT2D eigenvalue weighted by atomic mass is 32.1. The van der Waals surface area contributed by atoms with Crippen molar-refractivity contribution in [3.63, 3.8) is 0 Å². The number of hydrogen-bond acceptors (Lipinski definition) is 6. The van der Waals surface area contributed by atoms with Gasteiger partial charge in [0.15, 0.2) is 10.7 Å². The van der Waals surface area contributed by atoms with Crippen molar-refractivity contribution in [2.45, 2.75) is 38.4 Å². The second kappa shape index (κ2) is 6.73. The van der Waals surface area contributed by atoms with E-state index in [4.69, 9.17) is 0 Å². The maximum absolute atomic E-state index is 13.1. The fourth-order valence-corrected chi connectivity index (χ4v) is 4.53. The molecule has 0 aliphatic heterocycles. The zero-order chi connectivity index (χ0) is 21.0. The Morgan fingerprint density at radius 2 is 1.93 bits per heavy atom. The maximum atomic E-state index is 13.1. The van der Waals surface area contributed by atoms with Crippen LogP contribution in [0.4, 0.5) is 13.2 Å². The van der Waals surface area contributed by atoms with Crippen molar-refractivity contribution in [2.24, 2.45) is 0 Å². The normalized spacial score (nSPS) is 14.5. The fourth-order valence-electron chi connectivity index (χ4n) is 3.52. The molecule has 1 saturated carbocycles. The van der Waals surface area contributed by atoms with E-state index in [1.165, 1.54) is 32.8 Å². The Kier molecular flexibility index (Phi) is 4.24. The first kappa shape index (κ1) is 18.9. The Morgan fingerprint density at radius 1 is 1.20 bits per heavy atom. The quantitative estimate of drug-likeness (QED) is 0.492. The molecule has 4 aromatic rings. The van der Waals surface area contributed by atoms with Crippen LogP contribution in [-0.2, 0) is 12.7 Å². The van der Waals surface area contributed by atoms with E-state index in [0.717, 1.165) is 23.8 Å². The Bertz CT molecular complexity index is 1300. The minimum absolute atomic E-state index is 0.00832. The largest absolute Gasteiger partial charge is 0.435 e. The van der Waals surface area contributed by atoms with Gasteiger partial charge in [-0.1, -0.05) is 0 Å². The van der Waals surface area contributed by atoms with Gasteiger partial charge in [-0.2, -0.15) is 18.3 Å². The Hall–Kier alpha value is -3.08. The molecule has 0 aromatic carbocycles. The number of alkyl halides is 3. The van der Waals surface area contributed by atoms with E-state index in [-0.39, 0.29) is 18.0 Å². The molecule has 154 valence electrons. The highest BCUT2D eigenvalue weighted by Gasteiger charge is 2.37. The predicted molar refractivity (Wildman–Crippen MR) is 103 cm³/mol. The van der Waals surface area contributed by atoms with Crippen LogP contribution in [0, 0.1) is 6.92 Å². The molecule has 4 heterocycles. The lowest BCUT2D eigenvalue weighted by molar-refractivity contribution is -0.141. The van der Waals surface area contributed by atoms with E-state index < -0.39 is 11.9 Å². The smallest absolute Gasteiger partial charge is 0.269 e. The van der Waals surface area contributed by atoms with Gasteiger partial charge in [-0.25, -0.2) is 15.0 Å². The van der Waals surface area contributed by atoms with Gasteiger partial charge in [0.2, 0.25) is 0 Å². The highest BCUT2D eigenvalue weighted by molar-refractivity contribution is 7.17. The van der Waals surface area contributed by atoms with E-state index in [0.29, 0.717) is 27.6 Å². The molecule has 0 unspecified atom stereocenters. The van der Waals surface area contributed by atoms with E-state index in [1.54, 1.807) is 12.4 Å². The van der Waals surface area contributed by atoms with Gasteiger partial charge in [0, 0.05) is 40.5 Å². The van der Waals surface area contributed by atoms with Gasteiger partial charge < -0.3 is 0 Å². The van der Waals surface area contributed by atoms with Crippen LogP contribution in [0.25, 0.3) is 16.2 Å². The van der Waals surface area contributed by atoms with E-state index in [2.05, 4.69) is 20.1 Å². The minimum Gasteiger partial charge on any atom is -0.269 e. The van der Waals surface area contributed by atoms with Gasteiger partial charge in [-0.15, -0.1) is 11.3 Å². The molecular weight excluding hydrogens is 417 g/mol. The molecule has 0 bridgehead atoms. The van der Waals surface area contributed by atoms with Crippen LogP contribution >= 0.6 is 11.3 Å². The van der Waals surface area contributed by atoms with Gasteiger partial charge in [0.05, 0.1) is 17.9 Å². The Morgan fingerprint density at radius 3 is 2.60 bits per heavy atom. The lowest BCUT2D eigenvalue weighted by atomic mass is 10.2. The van der Waals surface area contributed by atoms with E-state index in [9.17, 15) is 18.0 Å². The first-order valence-corrected chi connectivity index (χ1v) is 10.1. The van der Waals surface area contributed by atoms with Crippen molar-refractivity contribution in [3.8, 4) is 11.3 Å². The summed E-state index contributed by atoms with van der Waals surface area (Å²) in [7, 11) is 0. The molecule has 0 radical (unpaired) electrons. The van der Waals surface area contributed by atoms with Gasteiger partial charge in [-0.05, 0) is 25.8 Å². The summed E-state index contributed by atoms with van der Waals surface area (Å²) in [6.07, 6.45) is 1.81. The second-order valence-corrected chi connectivity index (χ2v) is 8.40. The standard InChI is InChI=1S/C19H15F3N6OS/c1-10-17(12-6-23-9-24-7-12)28-16(29)4-13(25-18(28)30-10)8-27-14(11-2-3-11)5-15(26-27)19(20,21)22/h4-7,9,11H,2-3,8H2,1H3. The van der Waals surface area contributed by atoms with Gasteiger partial charge in [0.25, 0.3) is 5.56 Å². The SMILES string of the molecule is Cc1sc2nc(Cn3nc(C(F)(F)F)cc3C3CC3)cc(=O)n2c1-c1cncnc1. The zero-order valence-corrected chi connectivity index (χ0v) is 16.5. The minimum atomic E-state index is -4.51. The Labute approximate surface area is 171 Å². The van der Waals surface area contributed by atoms with Crippen molar-refractivity contribution < 1.29 is 13.2 Å². The van der Waals surface area contributed by atoms with Crippen molar-refractivity contribution in [1.29, 1.82) is 0 Å². The van der Waals surface area contributed by atoms with Crippen molar-refractivity contribution >= 4 is 16.3 Å². The summed E-state index contributed by atoms with van der Waals surface area (Å²) in [5.74, 6) is 0.0760. The molecule has 0 saturated heterocycles. The number of fused-ring (bicyclic) bond motifs is 1. The third-order valence-electron chi connectivity index (χ3n) is 4.99. The number of hydrogen-bond donors (Lipinski definition) is 0. The summed E-state index contributed by atoms with van der Waals surface area (Å²) in [6, 6.07) is 2.45. The van der Waals surface area contributed by atoms with Gasteiger partial charge >= 0.3 is 6.18 Å². The van der Waals surface area contributed by atoms with Gasteiger partial charge in [-0.3, -0.25) is 13.9 Å². The predicted octanol–water partition coefficient (Wildman–Crippen LogP) is 3.66. The molecule has 0 atom stereocenters. The first-order chi connectivity index (χ1) is 14.3. The summed E-state index contributed by atoms with van der Waals surface area (Å²) in [4.78, 5) is 26.7. The third-order valence-corrected chi connectivity index (χ3v) is 5.94. The van der Waals surface area contributed by atoms with Crippen LogP contribution in [0.1, 0.15) is 40.7 Å². The number of nitrogens with zero attached hydrogens (tertiary/aromatic N) is 6. The lowest BCUT2D eigenvalue weighted by Gasteiger charge is -2.07. The fraction of sp³-hybridized carbons (Fsp3) is 0.316. The van der Waals surface area contributed by atoms with Crippen LogP contribution in [0.5, 0.6) is 0 Å². The van der Waals surface area contributed by atoms with Crippen LogP contribution in [0.3, 0.4) is 0 Å². The number of rotatable bonds is 4. The zero-order valence-electron chi connectivity index (χ0n) is 15.7. The molecule has 5 rings (SSSR count). The van der Waals surface area contributed by atoms with E-state index in [1.807, 2.05) is 6.92 Å². The average molecular weight is 432 g/mol. The molecular formula is C19H15F3N6OS. The maximum Gasteiger partial charge on any atom is 0.435 e. The van der Waals surface area contributed by atoms with Crippen LogP contribution in [0.15, 0.2) is 35.6 Å². The molecule has 4 aromatic heterocycles. The summed E-state index contributed by atoms with van der Waals surface area (Å²) in [5, 5.41) is 3.75.